The Morgan fingerprint density at radius 3 is 2.75 bits per heavy atom. The lowest BCUT2D eigenvalue weighted by Gasteiger charge is -2.30. The third kappa shape index (κ3) is 9.47. The number of aromatic amines is 1. The van der Waals surface area contributed by atoms with Crippen LogP contribution in [-0.2, 0) is 22.6 Å². The first-order valence-corrected chi connectivity index (χ1v) is 14.5. The molecule has 0 aliphatic rings. The van der Waals surface area contributed by atoms with Gasteiger partial charge >= 0.3 is 5.97 Å². The minimum atomic E-state index is -0.518. The Kier molecular flexibility index (Phi) is 11.8. The van der Waals surface area contributed by atoms with Crippen molar-refractivity contribution >= 4 is 45.9 Å². The fourth-order valence-corrected chi connectivity index (χ4v) is 4.69. The van der Waals surface area contributed by atoms with Crippen LogP contribution < -0.4 is 16.2 Å². The van der Waals surface area contributed by atoms with E-state index in [9.17, 15) is 9.59 Å². The summed E-state index contributed by atoms with van der Waals surface area (Å²) in [7, 11) is 0. The van der Waals surface area contributed by atoms with Crippen molar-refractivity contribution in [1.29, 1.82) is 0 Å². The fourth-order valence-electron chi connectivity index (χ4n) is 4.31. The van der Waals surface area contributed by atoms with Gasteiger partial charge in [0, 0.05) is 42.6 Å². The molecule has 3 aromatic rings. The molecular weight excluding hydrogens is 553 g/mol. The zero-order valence-corrected chi connectivity index (χ0v) is 25.5. The number of aromatic nitrogens is 4. The van der Waals surface area contributed by atoms with E-state index in [0.717, 1.165) is 42.4 Å². The number of hydrogen-bond donors (Lipinski definition) is 3. The Morgan fingerprint density at radius 1 is 1.25 bits per heavy atom. The average Bonchev–Trinajstić information content (AvgIpc) is 3.28. The lowest BCUT2D eigenvalue weighted by atomic mass is 10.1. The highest BCUT2D eigenvalue weighted by atomic mass is 35.5. The van der Waals surface area contributed by atoms with Crippen molar-refractivity contribution in [1.82, 2.24) is 30.0 Å². The Labute approximate surface area is 245 Å². The van der Waals surface area contributed by atoms with Gasteiger partial charge in [-0.3, -0.25) is 24.2 Å². The van der Waals surface area contributed by atoms with Crippen molar-refractivity contribution in [3.63, 3.8) is 0 Å². The number of nitrogens with zero attached hydrogens (tertiary/aromatic N) is 4. The number of hydrogen-bond acceptors (Lipinski definition) is 8. The lowest BCUT2D eigenvalue weighted by molar-refractivity contribution is -0.156. The molecule has 0 fully saturated rings. The molecule has 0 aliphatic heterocycles. The van der Waals surface area contributed by atoms with Gasteiger partial charge in [0.15, 0.2) is 5.82 Å². The standard InChI is InChI=1S/C28H41Cl2N7O3/c1-6-7-13-36(18-25(38)40-28(3,4)5)19(2)10-11-32-26-27(39)37(24(30)17-33-26)14-12-31-16-23-21-15-20(29)8-9-22(21)34-35-23/h8-9,15,17,19,31H,6-7,10-14,16,18H2,1-5H3,(H,32,33)(H,34,35). The number of esters is 1. The summed E-state index contributed by atoms with van der Waals surface area (Å²) >= 11 is 12.4. The van der Waals surface area contributed by atoms with Crippen LogP contribution in [-0.4, -0.2) is 68.4 Å². The molecule has 0 amide bonds. The van der Waals surface area contributed by atoms with E-state index in [-0.39, 0.29) is 35.1 Å². The van der Waals surface area contributed by atoms with Gasteiger partial charge < -0.3 is 15.4 Å². The number of halogens is 2. The van der Waals surface area contributed by atoms with Gasteiger partial charge in [-0.25, -0.2) is 4.98 Å². The second kappa shape index (κ2) is 14.8. The normalized spacial score (nSPS) is 12.7. The smallest absolute Gasteiger partial charge is 0.320 e. The first-order valence-electron chi connectivity index (χ1n) is 13.8. The zero-order chi connectivity index (χ0) is 29.3. The molecule has 220 valence electrons. The van der Waals surface area contributed by atoms with Gasteiger partial charge in [-0.05, 0) is 65.3 Å². The highest BCUT2D eigenvalue weighted by Crippen LogP contribution is 2.20. The Bertz CT molecular complexity index is 1320. The van der Waals surface area contributed by atoms with Gasteiger partial charge in [-0.1, -0.05) is 36.5 Å². The number of fused-ring (bicyclic) bond motifs is 1. The molecule has 0 aliphatic carbocycles. The quantitative estimate of drug-likeness (QED) is 0.169. The van der Waals surface area contributed by atoms with E-state index in [1.807, 2.05) is 32.9 Å². The van der Waals surface area contributed by atoms with Crippen molar-refractivity contribution in [2.45, 2.75) is 78.6 Å². The molecule has 1 atom stereocenters. The zero-order valence-electron chi connectivity index (χ0n) is 24.0. The number of H-pyrrole nitrogens is 1. The largest absolute Gasteiger partial charge is 0.459 e. The van der Waals surface area contributed by atoms with Crippen molar-refractivity contribution in [3.8, 4) is 0 Å². The number of ether oxygens (including phenoxy) is 1. The molecule has 0 saturated heterocycles. The van der Waals surface area contributed by atoms with Crippen molar-refractivity contribution in [2.75, 3.05) is 31.5 Å². The average molecular weight is 595 g/mol. The fraction of sp³-hybridized carbons (Fsp3) is 0.571. The predicted molar refractivity (Wildman–Crippen MR) is 161 cm³/mol. The van der Waals surface area contributed by atoms with Crippen LogP contribution in [0.25, 0.3) is 10.9 Å². The van der Waals surface area contributed by atoms with Crippen LogP contribution >= 0.6 is 23.2 Å². The Balaban J connectivity index is 1.53. The van der Waals surface area contributed by atoms with Crippen LogP contribution in [0.2, 0.25) is 10.2 Å². The number of anilines is 1. The molecule has 3 N–H and O–H groups in total. The van der Waals surface area contributed by atoms with Crippen molar-refractivity contribution in [2.24, 2.45) is 0 Å². The molecule has 3 rings (SSSR count). The van der Waals surface area contributed by atoms with Crippen LogP contribution in [0.1, 0.15) is 59.6 Å². The number of rotatable bonds is 15. The minimum Gasteiger partial charge on any atom is -0.459 e. The highest BCUT2D eigenvalue weighted by molar-refractivity contribution is 6.31. The molecule has 10 nitrogen and oxygen atoms in total. The summed E-state index contributed by atoms with van der Waals surface area (Å²) in [4.78, 5) is 31.9. The number of carbonyl (C=O) groups excluding carboxylic acids is 1. The van der Waals surface area contributed by atoms with Crippen molar-refractivity contribution < 1.29 is 9.53 Å². The van der Waals surface area contributed by atoms with E-state index in [1.165, 1.54) is 10.8 Å². The van der Waals surface area contributed by atoms with Crippen molar-refractivity contribution in [3.05, 3.63) is 50.6 Å². The molecule has 0 spiro atoms. The van der Waals surface area contributed by atoms with Crippen LogP contribution in [0.5, 0.6) is 0 Å². The summed E-state index contributed by atoms with van der Waals surface area (Å²) in [6, 6.07) is 5.66. The topological polar surface area (TPSA) is 117 Å². The maximum absolute atomic E-state index is 13.1. The van der Waals surface area contributed by atoms with Gasteiger partial charge in [0.05, 0.1) is 24.0 Å². The molecule has 1 unspecified atom stereocenters. The minimum absolute atomic E-state index is 0.110. The molecular formula is C28H41Cl2N7O3. The van der Waals surface area contributed by atoms with E-state index in [0.29, 0.717) is 31.2 Å². The summed E-state index contributed by atoms with van der Waals surface area (Å²) in [5.41, 5.74) is 0.965. The monoisotopic (exact) mass is 593 g/mol. The van der Waals surface area contributed by atoms with E-state index >= 15 is 0 Å². The van der Waals surface area contributed by atoms with Crippen LogP contribution in [0.15, 0.2) is 29.2 Å². The predicted octanol–water partition coefficient (Wildman–Crippen LogP) is 4.85. The van der Waals surface area contributed by atoms with Gasteiger partial charge in [0.25, 0.3) is 5.56 Å². The summed E-state index contributed by atoms with van der Waals surface area (Å²) in [6.07, 6.45) is 4.23. The van der Waals surface area contributed by atoms with E-state index in [4.69, 9.17) is 27.9 Å². The lowest BCUT2D eigenvalue weighted by Crippen LogP contribution is -2.41. The highest BCUT2D eigenvalue weighted by Gasteiger charge is 2.22. The van der Waals surface area contributed by atoms with Gasteiger partial charge in [-0.2, -0.15) is 5.10 Å². The molecule has 0 saturated carbocycles. The third-order valence-electron chi connectivity index (χ3n) is 6.44. The number of nitrogens with one attached hydrogen (secondary N) is 3. The second-order valence-electron chi connectivity index (χ2n) is 10.9. The molecule has 2 heterocycles. The number of unbranched alkanes of at least 4 members (excludes halogenated alkanes) is 1. The second-order valence-corrected chi connectivity index (χ2v) is 11.7. The summed E-state index contributed by atoms with van der Waals surface area (Å²) in [5.74, 6) is 0.0156. The molecule has 40 heavy (non-hydrogen) atoms. The van der Waals surface area contributed by atoms with Gasteiger partial charge in [0.2, 0.25) is 0 Å². The number of carbonyl (C=O) groups is 1. The molecule has 2 aromatic heterocycles. The molecule has 0 radical (unpaired) electrons. The summed E-state index contributed by atoms with van der Waals surface area (Å²) < 4.78 is 7.01. The first kappa shape index (κ1) is 31.9. The summed E-state index contributed by atoms with van der Waals surface area (Å²) in [5, 5.41) is 15.7. The molecule has 12 heteroatoms. The van der Waals surface area contributed by atoms with Crippen LogP contribution in [0.4, 0.5) is 5.82 Å². The van der Waals surface area contributed by atoms with E-state index < -0.39 is 5.60 Å². The van der Waals surface area contributed by atoms with E-state index in [2.05, 4.69) is 44.6 Å². The van der Waals surface area contributed by atoms with Gasteiger partial charge in [0.1, 0.15) is 10.8 Å². The maximum Gasteiger partial charge on any atom is 0.320 e. The summed E-state index contributed by atoms with van der Waals surface area (Å²) in [6.45, 7) is 12.8. The van der Waals surface area contributed by atoms with Crippen LogP contribution in [0.3, 0.4) is 0 Å². The number of benzene rings is 1. The first-order chi connectivity index (χ1) is 19.0. The Morgan fingerprint density at radius 2 is 2.02 bits per heavy atom. The van der Waals surface area contributed by atoms with E-state index in [1.54, 1.807) is 6.07 Å². The maximum atomic E-state index is 13.1. The molecule has 0 bridgehead atoms. The molecule has 1 aromatic carbocycles. The Hall–Kier alpha value is -2.66. The van der Waals surface area contributed by atoms with Gasteiger partial charge in [-0.15, -0.1) is 0 Å². The van der Waals surface area contributed by atoms with Crippen LogP contribution in [0, 0.1) is 0 Å². The third-order valence-corrected chi connectivity index (χ3v) is 6.98. The SMILES string of the molecule is CCCCN(CC(=O)OC(C)(C)C)C(C)CCNc1ncc(Cl)n(CCNCc2[nH]nc3ccc(Cl)cc23)c1=O.